The first-order valence-electron chi connectivity index (χ1n) is 4.49. The molecule has 0 aromatic rings. The molecule has 0 atom stereocenters. The molecule has 0 radical (unpaired) electrons. The van der Waals surface area contributed by atoms with Gasteiger partial charge in [-0.15, -0.1) is 0 Å². The summed E-state index contributed by atoms with van der Waals surface area (Å²) in [5, 5.41) is 9.05. The minimum absolute atomic E-state index is 0.0553. The number of aliphatic hydroxyl groups excluding tert-OH is 1. The third kappa shape index (κ3) is 1.66. The summed E-state index contributed by atoms with van der Waals surface area (Å²) in [7, 11) is 0. The van der Waals surface area contributed by atoms with E-state index in [-0.39, 0.29) is 18.2 Å². The molecule has 0 amide bonds. The van der Waals surface area contributed by atoms with Gasteiger partial charge in [-0.2, -0.15) is 0 Å². The SMILES string of the molecule is CC1(CO)CC(=O)C(C)(C)C(=O)C1. The Morgan fingerprint density at radius 1 is 1.15 bits per heavy atom. The van der Waals surface area contributed by atoms with Crippen molar-refractivity contribution in [3.05, 3.63) is 0 Å². The first-order chi connectivity index (χ1) is 5.82. The van der Waals surface area contributed by atoms with Crippen molar-refractivity contribution < 1.29 is 14.7 Å². The zero-order valence-corrected chi connectivity index (χ0v) is 8.39. The second-order valence-electron chi connectivity index (χ2n) is 4.79. The molecule has 0 aromatic heterocycles. The Kier molecular flexibility index (Phi) is 2.32. The number of carbonyl (C=O) groups is 2. The van der Waals surface area contributed by atoms with Crippen LogP contribution >= 0.6 is 0 Å². The van der Waals surface area contributed by atoms with Gasteiger partial charge in [-0.1, -0.05) is 6.92 Å². The zero-order valence-electron chi connectivity index (χ0n) is 8.39. The van der Waals surface area contributed by atoms with Crippen LogP contribution in [0.1, 0.15) is 33.6 Å². The lowest BCUT2D eigenvalue weighted by molar-refractivity contribution is -0.147. The molecular formula is C10H16O3. The molecule has 1 aliphatic carbocycles. The van der Waals surface area contributed by atoms with Crippen molar-refractivity contribution >= 4 is 11.6 Å². The monoisotopic (exact) mass is 184 g/mol. The van der Waals surface area contributed by atoms with Crippen LogP contribution in [0.4, 0.5) is 0 Å². The highest BCUT2D eigenvalue weighted by atomic mass is 16.3. The van der Waals surface area contributed by atoms with Crippen molar-refractivity contribution in [2.45, 2.75) is 33.6 Å². The second-order valence-corrected chi connectivity index (χ2v) is 4.79. The topological polar surface area (TPSA) is 54.4 Å². The van der Waals surface area contributed by atoms with Crippen molar-refractivity contribution in [1.29, 1.82) is 0 Å². The van der Waals surface area contributed by atoms with E-state index < -0.39 is 10.8 Å². The van der Waals surface area contributed by atoms with Crippen molar-refractivity contribution in [2.24, 2.45) is 10.8 Å². The standard InChI is InChI=1S/C10H16O3/c1-9(2)7(12)4-10(3,6-11)5-8(9)13/h11H,4-6H2,1-3H3. The minimum atomic E-state index is -0.839. The number of aliphatic hydroxyl groups is 1. The van der Waals surface area contributed by atoms with E-state index in [1.807, 2.05) is 0 Å². The van der Waals surface area contributed by atoms with Crippen molar-refractivity contribution in [3.63, 3.8) is 0 Å². The molecule has 3 nitrogen and oxygen atoms in total. The van der Waals surface area contributed by atoms with Crippen LogP contribution in [0.15, 0.2) is 0 Å². The third-order valence-electron chi connectivity index (χ3n) is 2.95. The van der Waals surface area contributed by atoms with Gasteiger partial charge in [0.05, 0.1) is 5.41 Å². The lowest BCUT2D eigenvalue weighted by atomic mass is 9.65. The predicted molar refractivity (Wildman–Crippen MR) is 48.2 cm³/mol. The highest BCUT2D eigenvalue weighted by Crippen LogP contribution is 2.39. The number of rotatable bonds is 1. The second kappa shape index (κ2) is 2.91. The predicted octanol–water partition coefficient (Wildman–Crippen LogP) is 0.943. The summed E-state index contributed by atoms with van der Waals surface area (Å²) >= 11 is 0. The molecule has 0 aromatic carbocycles. The third-order valence-corrected chi connectivity index (χ3v) is 2.95. The normalized spacial score (nSPS) is 26.2. The average Bonchev–Trinajstić information content (AvgIpc) is 2.01. The van der Waals surface area contributed by atoms with Gasteiger partial charge in [0.25, 0.3) is 0 Å². The fourth-order valence-electron chi connectivity index (χ4n) is 1.55. The van der Waals surface area contributed by atoms with E-state index in [1.54, 1.807) is 20.8 Å². The van der Waals surface area contributed by atoms with Crippen LogP contribution in [-0.4, -0.2) is 23.3 Å². The highest BCUT2D eigenvalue weighted by Gasteiger charge is 2.46. The van der Waals surface area contributed by atoms with E-state index in [0.717, 1.165) is 0 Å². The average molecular weight is 184 g/mol. The molecule has 74 valence electrons. The molecule has 0 heterocycles. The summed E-state index contributed by atoms with van der Waals surface area (Å²) in [6, 6.07) is 0. The van der Waals surface area contributed by atoms with Crippen LogP contribution in [-0.2, 0) is 9.59 Å². The molecule has 0 aliphatic heterocycles. The molecule has 3 heteroatoms. The number of ketones is 2. The van der Waals surface area contributed by atoms with Gasteiger partial charge >= 0.3 is 0 Å². The Hall–Kier alpha value is -0.700. The van der Waals surface area contributed by atoms with Crippen molar-refractivity contribution in [3.8, 4) is 0 Å². The molecule has 0 unspecified atom stereocenters. The maximum Gasteiger partial charge on any atom is 0.146 e. The number of hydrogen-bond acceptors (Lipinski definition) is 3. The van der Waals surface area contributed by atoms with E-state index in [4.69, 9.17) is 5.11 Å². The fourth-order valence-corrected chi connectivity index (χ4v) is 1.55. The minimum Gasteiger partial charge on any atom is -0.396 e. The maximum absolute atomic E-state index is 11.6. The van der Waals surface area contributed by atoms with E-state index in [2.05, 4.69) is 0 Å². The van der Waals surface area contributed by atoms with E-state index >= 15 is 0 Å². The number of Topliss-reactive ketones (excluding diaryl/α,β-unsaturated/α-hetero) is 2. The molecule has 0 spiro atoms. The lowest BCUT2D eigenvalue weighted by Crippen LogP contribution is -2.46. The number of hydrogen-bond donors (Lipinski definition) is 1. The first kappa shape index (κ1) is 10.4. The molecule has 13 heavy (non-hydrogen) atoms. The molecule has 1 saturated carbocycles. The van der Waals surface area contributed by atoms with E-state index in [9.17, 15) is 9.59 Å². The Bertz CT molecular complexity index is 233. The summed E-state index contributed by atoms with van der Waals surface area (Å²) in [4.78, 5) is 23.1. The molecule has 1 fully saturated rings. The van der Waals surface area contributed by atoms with Crippen molar-refractivity contribution in [2.75, 3.05) is 6.61 Å². The smallest absolute Gasteiger partial charge is 0.146 e. The summed E-state index contributed by atoms with van der Waals surface area (Å²) in [5.74, 6) is -0.111. The van der Waals surface area contributed by atoms with Crippen LogP contribution in [0.2, 0.25) is 0 Å². The molecule has 1 N–H and O–H groups in total. The van der Waals surface area contributed by atoms with Gasteiger partial charge in [-0.05, 0) is 13.8 Å². The van der Waals surface area contributed by atoms with Gasteiger partial charge in [0.1, 0.15) is 11.6 Å². The van der Waals surface area contributed by atoms with Crippen LogP contribution < -0.4 is 0 Å². The first-order valence-corrected chi connectivity index (χ1v) is 4.49. The Labute approximate surface area is 78.1 Å². The van der Waals surface area contributed by atoms with Gasteiger partial charge in [-0.3, -0.25) is 9.59 Å². The van der Waals surface area contributed by atoms with Gasteiger partial charge in [0.15, 0.2) is 0 Å². The molecule has 1 aliphatic rings. The lowest BCUT2D eigenvalue weighted by Gasteiger charge is -2.37. The Balaban J connectivity index is 2.92. The van der Waals surface area contributed by atoms with Gasteiger partial charge in [0.2, 0.25) is 0 Å². The zero-order chi connectivity index (χ0) is 10.3. The quantitative estimate of drug-likeness (QED) is 0.617. The van der Waals surface area contributed by atoms with E-state index in [1.165, 1.54) is 0 Å². The summed E-state index contributed by atoms with van der Waals surface area (Å²) in [5.41, 5.74) is -1.36. The van der Waals surface area contributed by atoms with Crippen LogP contribution in [0, 0.1) is 10.8 Å². The van der Waals surface area contributed by atoms with E-state index in [0.29, 0.717) is 12.8 Å². The Morgan fingerprint density at radius 2 is 1.54 bits per heavy atom. The van der Waals surface area contributed by atoms with Gasteiger partial charge in [0, 0.05) is 24.9 Å². The summed E-state index contributed by atoms with van der Waals surface area (Å²) in [6.45, 7) is 5.00. The summed E-state index contributed by atoms with van der Waals surface area (Å²) in [6.07, 6.45) is 0.616. The van der Waals surface area contributed by atoms with Crippen LogP contribution in [0.3, 0.4) is 0 Å². The molecule has 0 bridgehead atoms. The maximum atomic E-state index is 11.6. The van der Waals surface area contributed by atoms with Gasteiger partial charge in [-0.25, -0.2) is 0 Å². The summed E-state index contributed by atoms with van der Waals surface area (Å²) < 4.78 is 0. The van der Waals surface area contributed by atoms with Crippen LogP contribution in [0.5, 0.6) is 0 Å². The largest absolute Gasteiger partial charge is 0.396 e. The van der Waals surface area contributed by atoms with Crippen molar-refractivity contribution in [1.82, 2.24) is 0 Å². The molecule has 1 rings (SSSR count). The molecule has 0 saturated heterocycles. The molecular weight excluding hydrogens is 168 g/mol. The number of carbonyl (C=O) groups excluding carboxylic acids is 2. The fraction of sp³-hybridized carbons (Fsp3) is 0.800. The van der Waals surface area contributed by atoms with Gasteiger partial charge < -0.3 is 5.11 Å². The van der Waals surface area contributed by atoms with Crippen LogP contribution in [0.25, 0.3) is 0 Å². The highest BCUT2D eigenvalue weighted by molar-refractivity contribution is 6.08. The Morgan fingerprint density at radius 3 is 1.85 bits per heavy atom.